The Kier molecular flexibility index (Phi) is 4.45. The maximum absolute atomic E-state index is 12.9. The zero-order valence-electron chi connectivity index (χ0n) is 13.6. The quantitative estimate of drug-likeness (QED) is 0.888. The topological polar surface area (TPSA) is 56.2 Å². The van der Waals surface area contributed by atoms with E-state index < -0.39 is 11.8 Å². The highest BCUT2D eigenvalue weighted by atomic mass is 19.4. The Bertz CT molecular complexity index is 766. The summed E-state index contributed by atoms with van der Waals surface area (Å²) in [5.74, 6) is -0.149. The number of aryl methyl sites for hydroxylation is 1. The van der Waals surface area contributed by atoms with Crippen molar-refractivity contribution in [1.82, 2.24) is 9.55 Å². The second kappa shape index (κ2) is 6.42. The predicted octanol–water partition coefficient (Wildman–Crippen LogP) is 3.86. The second-order valence-electron chi connectivity index (χ2n) is 6.00. The molecule has 0 aliphatic heterocycles. The lowest BCUT2D eigenvalue weighted by Gasteiger charge is -2.40. The number of imidazole rings is 1. The molecule has 0 atom stereocenters. The van der Waals surface area contributed by atoms with E-state index in [-0.39, 0.29) is 11.7 Å². The van der Waals surface area contributed by atoms with Crippen LogP contribution in [0.5, 0.6) is 5.75 Å². The van der Waals surface area contributed by atoms with E-state index in [0.717, 1.165) is 6.42 Å². The van der Waals surface area contributed by atoms with Crippen molar-refractivity contribution in [3.63, 3.8) is 0 Å². The summed E-state index contributed by atoms with van der Waals surface area (Å²) in [6, 6.07) is 5.65. The highest BCUT2D eigenvalue weighted by Gasteiger charge is 2.46. The molecule has 2 aromatic rings. The molecule has 0 radical (unpaired) electrons. The predicted molar refractivity (Wildman–Crippen MR) is 85.2 cm³/mol. The van der Waals surface area contributed by atoms with Crippen LogP contribution in [0.4, 0.5) is 19.1 Å². The maximum atomic E-state index is 12.9. The number of ether oxygens (including phenoxy) is 1. The van der Waals surface area contributed by atoms with Crippen LogP contribution in [0.25, 0.3) is 0 Å². The number of nitrogens with zero attached hydrogens (tertiary/aromatic N) is 2. The van der Waals surface area contributed by atoms with Crippen LogP contribution in [0.2, 0.25) is 0 Å². The van der Waals surface area contributed by atoms with E-state index in [1.165, 1.54) is 18.2 Å². The number of benzene rings is 1. The first-order valence-electron chi connectivity index (χ1n) is 8.03. The van der Waals surface area contributed by atoms with Crippen molar-refractivity contribution in [2.45, 2.75) is 44.5 Å². The number of aromatic nitrogens is 2. The summed E-state index contributed by atoms with van der Waals surface area (Å²) in [5, 5.41) is 2.80. The molecule has 1 aromatic heterocycles. The van der Waals surface area contributed by atoms with Crippen LogP contribution < -0.4 is 10.1 Å². The van der Waals surface area contributed by atoms with E-state index >= 15 is 0 Å². The van der Waals surface area contributed by atoms with Gasteiger partial charge in [0.25, 0.3) is 0 Å². The van der Waals surface area contributed by atoms with E-state index in [1.807, 2.05) is 6.92 Å². The summed E-state index contributed by atoms with van der Waals surface area (Å²) in [5.41, 5.74) is -0.331. The molecule has 134 valence electrons. The van der Waals surface area contributed by atoms with Gasteiger partial charge in [0.15, 0.2) is 0 Å². The van der Waals surface area contributed by atoms with Crippen LogP contribution in [0.15, 0.2) is 36.7 Å². The van der Waals surface area contributed by atoms with Gasteiger partial charge in [-0.1, -0.05) is 18.6 Å². The molecule has 0 unspecified atom stereocenters. The number of rotatable bonds is 5. The zero-order valence-corrected chi connectivity index (χ0v) is 13.6. The number of amides is 1. The van der Waals surface area contributed by atoms with Crippen molar-refractivity contribution in [3.8, 4) is 5.75 Å². The van der Waals surface area contributed by atoms with E-state index in [0.29, 0.717) is 30.9 Å². The van der Waals surface area contributed by atoms with Crippen molar-refractivity contribution < 1.29 is 22.7 Å². The van der Waals surface area contributed by atoms with Crippen molar-refractivity contribution >= 4 is 11.9 Å². The molecule has 0 saturated heterocycles. The molecule has 1 amide bonds. The Labute approximate surface area is 142 Å². The Morgan fingerprint density at radius 3 is 2.76 bits per heavy atom. The zero-order chi connectivity index (χ0) is 18.1. The minimum Gasteiger partial charge on any atom is -0.406 e. The van der Waals surface area contributed by atoms with Gasteiger partial charge in [0.05, 0.1) is 5.41 Å². The smallest absolute Gasteiger partial charge is 0.406 e. The van der Waals surface area contributed by atoms with E-state index in [1.54, 1.807) is 23.0 Å². The number of carbonyl (C=O) groups excluding carboxylic acids is 1. The normalized spacial score (nSPS) is 16.2. The number of nitrogens with one attached hydrogen (secondary N) is 1. The Balaban J connectivity index is 1.85. The van der Waals surface area contributed by atoms with Gasteiger partial charge in [-0.3, -0.25) is 10.1 Å². The Hall–Kier alpha value is -2.51. The lowest BCUT2D eigenvalue weighted by Crippen LogP contribution is -2.46. The van der Waals surface area contributed by atoms with Crippen molar-refractivity contribution in [1.29, 1.82) is 0 Å². The molecule has 1 heterocycles. The lowest BCUT2D eigenvalue weighted by molar-refractivity contribution is -0.274. The number of carbonyl (C=O) groups is 1. The fourth-order valence-electron chi connectivity index (χ4n) is 3.08. The van der Waals surface area contributed by atoms with Crippen LogP contribution in [0.3, 0.4) is 0 Å². The van der Waals surface area contributed by atoms with Crippen LogP contribution in [-0.2, 0) is 16.8 Å². The number of hydrogen-bond acceptors (Lipinski definition) is 3. The lowest BCUT2D eigenvalue weighted by atomic mass is 9.64. The van der Waals surface area contributed by atoms with E-state index in [2.05, 4.69) is 15.0 Å². The molecule has 1 saturated carbocycles. The highest BCUT2D eigenvalue weighted by Crippen LogP contribution is 2.45. The maximum Gasteiger partial charge on any atom is 0.573 e. The van der Waals surface area contributed by atoms with Crippen molar-refractivity contribution in [3.05, 3.63) is 42.2 Å². The molecule has 5 nitrogen and oxygen atoms in total. The van der Waals surface area contributed by atoms with Gasteiger partial charge in [-0.05, 0) is 37.5 Å². The molecular weight excluding hydrogens is 335 g/mol. The number of alkyl halides is 3. The Morgan fingerprint density at radius 2 is 2.16 bits per heavy atom. The molecular formula is C17H18F3N3O2. The van der Waals surface area contributed by atoms with Gasteiger partial charge in [-0.2, -0.15) is 0 Å². The van der Waals surface area contributed by atoms with Gasteiger partial charge in [-0.25, -0.2) is 4.98 Å². The fraction of sp³-hybridized carbons (Fsp3) is 0.412. The van der Waals surface area contributed by atoms with Crippen LogP contribution in [0.1, 0.15) is 31.7 Å². The molecule has 0 bridgehead atoms. The third kappa shape index (κ3) is 3.47. The van der Waals surface area contributed by atoms with Gasteiger partial charge in [0.1, 0.15) is 5.75 Å². The summed E-state index contributed by atoms with van der Waals surface area (Å²) in [7, 11) is 0. The SMILES string of the molecule is CCn1ccnc1NC(=O)C1(c2cccc(OC(F)(F)F)c2)CCC1. The summed E-state index contributed by atoms with van der Waals surface area (Å²) in [6.45, 7) is 2.58. The highest BCUT2D eigenvalue weighted by molar-refractivity contribution is 5.99. The molecule has 1 fully saturated rings. The molecule has 0 spiro atoms. The van der Waals surface area contributed by atoms with E-state index in [4.69, 9.17) is 0 Å². The molecule has 8 heteroatoms. The monoisotopic (exact) mass is 353 g/mol. The van der Waals surface area contributed by atoms with Crippen LogP contribution >= 0.6 is 0 Å². The van der Waals surface area contributed by atoms with Gasteiger partial charge in [0, 0.05) is 18.9 Å². The first-order chi connectivity index (χ1) is 11.8. The van der Waals surface area contributed by atoms with Crippen LogP contribution in [-0.4, -0.2) is 21.8 Å². The summed E-state index contributed by atoms with van der Waals surface area (Å²) in [4.78, 5) is 17.0. The fourth-order valence-corrected chi connectivity index (χ4v) is 3.08. The third-order valence-electron chi connectivity index (χ3n) is 4.54. The van der Waals surface area contributed by atoms with Crippen molar-refractivity contribution in [2.75, 3.05) is 5.32 Å². The van der Waals surface area contributed by atoms with Crippen molar-refractivity contribution in [2.24, 2.45) is 0 Å². The molecule has 1 aliphatic carbocycles. The summed E-state index contributed by atoms with van der Waals surface area (Å²) in [6.07, 6.45) is 0.549. The second-order valence-corrected chi connectivity index (χ2v) is 6.00. The van der Waals surface area contributed by atoms with Gasteiger partial charge < -0.3 is 9.30 Å². The number of halogens is 3. The summed E-state index contributed by atoms with van der Waals surface area (Å²) < 4.78 is 43.1. The average molecular weight is 353 g/mol. The summed E-state index contributed by atoms with van der Waals surface area (Å²) >= 11 is 0. The minimum absolute atomic E-state index is 0.260. The first-order valence-corrected chi connectivity index (χ1v) is 8.03. The molecule has 1 aliphatic rings. The number of anilines is 1. The molecule has 1 N–H and O–H groups in total. The Morgan fingerprint density at radius 1 is 1.40 bits per heavy atom. The average Bonchev–Trinajstić information content (AvgIpc) is 2.92. The number of hydrogen-bond donors (Lipinski definition) is 1. The standard InChI is InChI=1S/C17H18F3N3O2/c1-2-23-10-9-21-15(23)22-14(24)16(7-4-8-16)12-5-3-6-13(11-12)25-17(18,19)20/h3,5-6,9-11H,2,4,7-8H2,1H3,(H,21,22,24). The third-order valence-corrected chi connectivity index (χ3v) is 4.54. The molecule has 3 rings (SSSR count). The van der Waals surface area contributed by atoms with Gasteiger partial charge in [0.2, 0.25) is 11.9 Å². The van der Waals surface area contributed by atoms with E-state index in [9.17, 15) is 18.0 Å². The van der Waals surface area contributed by atoms with Gasteiger partial charge >= 0.3 is 6.36 Å². The molecule has 25 heavy (non-hydrogen) atoms. The van der Waals surface area contributed by atoms with Crippen LogP contribution in [0, 0.1) is 0 Å². The minimum atomic E-state index is -4.76. The molecule has 1 aromatic carbocycles. The first kappa shape index (κ1) is 17.3. The largest absolute Gasteiger partial charge is 0.573 e. The van der Waals surface area contributed by atoms with Gasteiger partial charge in [-0.15, -0.1) is 13.2 Å².